The first-order chi connectivity index (χ1) is 8.16. The Bertz CT molecular complexity index is 402. The second-order valence-corrected chi connectivity index (χ2v) is 5.38. The molecule has 1 aromatic carbocycles. The van der Waals surface area contributed by atoms with Crippen LogP contribution in [0.15, 0.2) is 28.7 Å². The third-order valence-electron chi connectivity index (χ3n) is 3.01. The molecule has 0 radical (unpaired) electrons. The minimum absolute atomic E-state index is 0.141. The first-order valence-electron chi connectivity index (χ1n) is 5.91. The predicted octanol–water partition coefficient (Wildman–Crippen LogP) is 3.10. The van der Waals surface area contributed by atoms with E-state index in [2.05, 4.69) is 15.9 Å². The largest absolute Gasteiger partial charge is 0.325 e. The number of hydrogen-bond acceptors (Lipinski definition) is 1. The van der Waals surface area contributed by atoms with Gasteiger partial charge in [0.05, 0.1) is 0 Å². The maximum atomic E-state index is 12.1. The van der Waals surface area contributed by atoms with Gasteiger partial charge in [0.25, 0.3) is 0 Å². The fourth-order valence-corrected chi connectivity index (χ4v) is 2.57. The highest BCUT2D eigenvalue weighted by molar-refractivity contribution is 9.10. The Kier molecular flexibility index (Phi) is 4.05. The van der Waals surface area contributed by atoms with Gasteiger partial charge in [-0.05, 0) is 30.5 Å². The molecule has 1 saturated heterocycles. The minimum atomic E-state index is 0.141. The highest BCUT2D eigenvalue weighted by Gasteiger charge is 2.21. The molecule has 1 aliphatic rings. The molecule has 1 aliphatic heterocycles. The molecule has 0 aromatic heterocycles. The Morgan fingerprint density at radius 2 is 2.12 bits per heavy atom. The van der Waals surface area contributed by atoms with Crippen LogP contribution in [0.3, 0.4) is 0 Å². The number of carbonyl (C=O) groups excluding carboxylic acids is 1. The molecule has 0 bridgehead atoms. The number of halogens is 1. The van der Waals surface area contributed by atoms with Gasteiger partial charge in [0.1, 0.15) is 0 Å². The lowest BCUT2D eigenvalue weighted by atomic mass is 10.2. The van der Waals surface area contributed by atoms with E-state index in [4.69, 9.17) is 0 Å². The summed E-state index contributed by atoms with van der Waals surface area (Å²) >= 11 is 3.44. The maximum absolute atomic E-state index is 12.1. The summed E-state index contributed by atoms with van der Waals surface area (Å²) in [4.78, 5) is 15.8. The van der Waals surface area contributed by atoms with Crippen LogP contribution < -0.4 is 0 Å². The topological polar surface area (TPSA) is 23.6 Å². The molecule has 2 amide bonds. The summed E-state index contributed by atoms with van der Waals surface area (Å²) in [6.07, 6.45) is 2.27. The van der Waals surface area contributed by atoms with Crippen molar-refractivity contribution in [1.29, 1.82) is 0 Å². The van der Waals surface area contributed by atoms with E-state index < -0.39 is 0 Å². The van der Waals surface area contributed by atoms with E-state index in [1.165, 1.54) is 0 Å². The molecule has 0 spiro atoms. The van der Waals surface area contributed by atoms with Crippen molar-refractivity contribution in [2.45, 2.75) is 19.4 Å². The van der Waals surface area contributed by atoms with Crippen LogP contribution in [0, 0.1) is 0 Å². The van der Waals surface area contributed by atoms with Crippen molar-refractivity contribution in [1.82, 2.24) is 9.80 Å². The Labute approximate surface area is 111 Å². The summed E-state index contributed by atoms with van der Waals surface area (Å²) in [6.45, 7) is 2.47. The molecule has 0 saturated carbocycles. The van der Waals surface area contributed by atoms with E-state index in [0.717, 1.165) is 36.0 Å². The zero-order valence-corrected chi connectivity index (χ0v) is 11.6. The van der Waals surface area contributed by atoms with Crippen LogP contribution in [0.5, 0.6) is 0 Å². The van der Waals surface area contributed by atoms with Crippen molar-refractivity contribution in [3.63, 3.8) is 0 Å². The number of benzene rings is 1. The van der Waals surface area contributed by atoms with Crippen LogP contribution in [0.2, 0.25) is 0 Å². The summed E-state index contributed by atoms with van der Waals surface area (Å²) in [5.41, 5.74) is 1.15. The molecule has 4 heteroatoms. The smallest absolute Gasteiger partial charge is 0.320 e. The van der Waals surface area contributed by atoms with Crippen LogP contribution in [0.4, 0.5) is 4.79 Å². The van der Waals surface area contributed by atoms with Crippen LogP contribution in [-0.2, 0) is 6.54 Å². The van der Waals surface area contributed by atoms with Crippen LogP contribution in [0.1, 0.15) is 18.4 Å². The monoisotopic (exact) mass is 296 g/mol. The lowest BCUT2D eigenvalue weighted by Crippen LogP contribution is -2.38. The zero-order chi connectivity index (χ0) is 12.3. The molecule has 92 valence electrons. The first-order valence-corrected chi connectivity index (χ1v) is 6.70. The van der Waals surface area contributed by atoms with Crippen LogP contribution in [0.25, 0.3) is 0 Å². The van der Waals surface area contributed by atoms with Gasteiger partial charge < -0.3 is 9.80 Å². The normalized spacial score (nSPS) is 15.1. The lowest BCUT2D eigenvalue weighted by Gasteiger charge is -2.24. The van der Waals surface area contributed by atoms with Crippen LogP contribution in [-0.4, -0.2) is 36.0 Å². The standard InChI is InChI=1S/C13H17BrN2O/c1-15(13(17)16-7-2-3-8-16)10-11-5-4-6-12(14)9-11/h4-6,9H,2-3,7-8,10H2,1H3. The molecule has 2 rings (SSSR count). The van der Waals surface area contributed by atoms with Gasteiger partial charge in [-0.15, -0.1) is 0 Å². The van der Waals surface area contributed by atoms with E-state index in [-0.39, 0.29) is 6.03 Å². The average molecular weight is 297 g/mol. The molecular weight excluding hydrogens is 280 g/mol. The van der Waals surface area contributed by atoms with Gasteiger partial charge in [0.15, 0.2) is 0 Å². The van der Waals surface area contributed by atoms with Crippen LogP contribution >= 0.6 is 15.9 Å². The Hall–Kier alpha value is -1.03. The molecular formula is C13H17BrN2O. The number of likely N-dealkylation sites (tertiary alicyclic amines) is 1. The third-order valence-corrected chi connectivity index (χ3v) is 3.51. The molecule has 0 unspecified atom stereocenters. The number of amides is 2. The number of rotatable bonds is 2. The minimum Gasteiger partial charge on any atom is -0.325 e. The number of carbonyl (C=O) groups is 1. The van der Waals surface area contributed by atoms with Gasteiger partial charge in [0.2, 0.25) is 0 Å². The summed E-state index contributed by atoms with van der Waals surface area (Å²) in [7, 11) is 1.86. The maximum Gasteiger partial charge on any atom is 0.320 e. The van der Waals surface area contributed by atoms with Crippen molar-refractivity contribution in [2.24, 2.45) is 0 Å². The molecule has 0 aliphatic carbocycles. The molecule has 0 atom stereocenters. The van der Waals surface area contributed by atoms with E-state index in [1.54, 1.807) is 4.90 Å². The van der Waals surface area contributed by atoms with E-state index in [1.807, 2.05) is 36.2 Å². The third kappa shape index (κ3) is 3.22. The molecule has 1 aromatic rings. The zero-order valence-electron chi connectivity index (χ0n) is 10.0. The van der Waals surface area contributed by atoms with E-state index in [9.17, 15) is 4.79 Å². The molecule has 17 heavy (non-hydrogen) atoms. The summed E-state index contributed by atoms with van der Waals surface area (Å²) in [6, 6.07) is 8.22. The van der Waals surface area contributed by atoms with E-state index >= 15 is 0 Å². The fourth-order valence-electron chi connectivity index (χ4n) is 2.13. The summed E-state index contributed by atoms with van der Waals surface area (Å²) < 4.78 is 1.05. The number of urea groups is 1. The molecule has 0 N–H and O–H groups in total. The van der Waals surface area contributed by atoms with Crippen molar-refractivity contribution in [3.8, 4) is 0 Å². The highest BCUT2D eigenvalue weighted by atomic mass is 79.9. The predicted molar refractivity (Wildman–Crippen MR) is 71.8 cm³/mol. The van der Waals surface area contributed by atoms with Crippen molar-refractivity contribution in [3.05, 3.63) is 34.3 Å². The first kappa shape index (κ1) is 12.4. The van der Waals surface area contributed by atoms with Crippen molar-refractivity contribution in [2.75, 3.05) is 20.1 Å². The second kappa shape index (κ2) is 5.54. The summed E-state index contributed by atoms with van der Waals surface area (Å²) in [5, 5.41) is 0. The molecule has 3 nitrogen and oxygen atoms in total. The summed E-state index contributed by atoms with van der Waals surface area (Å²) in [5.74, 6) is 0. The van der Waals surface area contributed by atoms with Gasteiger partial charge in [-0.25, -0.2) is 4.79 Å². The fraction of sp³-hybridized carbons (Fsp3) is 0.462. The Balaban J connectivity index is 1.96. The SMILES string of the molecule is CN(Cc1cccc(Br)c1)C(=O)N1CCCC1. The Morgan fingerprint density at radius 1 is 1.41 bits per heavy atom. The van der Waals surface area contributed by atoms with Gasteiger partial charge in [0, 0.05) is 31.2 Å². The van der Waals surface area contributed by atoms with Crippen molar-refractivity contribution >= 4 is 22.0 Å². The van der Waals surface area contributed by atoms with Gasteiger partial charge in [-0.3, -0.25) is 0 Å². The molecule has 1 fully saturated rings. The average Bonchev–Trinajstić information content (AvgIpc) is 2.81. The molecule has 1 heterocycles. The van der Waals surface area contributed by atoms with Gasteiger partial charge in [-0.1, -0.05) is 28.1 Å². The Morgan fingerprint density at radius 3 is 2.76 bits per heavy atom. The van der Waals surface area contributed by atoms with Crippen molar-refractivity contribution < 1.29 is 4.79 Å². The van der Waals surface area contributed by atoms with Gasteiger partial charge in [-0.2, -0.15) is 0 Å². The number of nitrogens with zero attached hydrogens (tertiary/aromatic N) is 2. The highest BCUT2D eigenvalue weighted by Crippen LogP contribution is 2.15. The lowest BCUT2D eigenvalue weighted by molar-refractivity contribution is 0.171. The van der Waals surface area contributed by atoms with Gasteiger partial charge >= 0.3 is 6.03 Å². The number of hydrogen-bond donors (Lipinski definition) is 0. The quantitative estimate of drug-likeness (QED) is 0.823. The van der Waals surface area contributed by atoms with E-state index in [0.29, 0.717) is 6.54 Å². The second-order valence-electron chi connectivity index (χ2n) is 4.46.